The molecule has 3 rings (SSSR count). The van der Waals surface area contributed by atoms with E-state index in [0.717, 1.165) is 34.6 Å². The van der Waals surface area contributed by atoms with Crippen LogP contribution >= 0.6 is 11.3 Å². The molecule has 2 aromatic carbocycles. The van der Waals surface area contributed by atoms with Gasteiger partial charge < -0.3 is 10.6 Å². The Morgan fingerprint density at radius 3 is 2.46 bits per heavy atom. The van der Waals surface area contributed by atoms with E-state index in [2.05, 4.69) is 35.5 Å². The number of rotatable bonds is 5. The number of urea groups is 1. The van der Waals surface area contributed by atoms with Crippen LogP contribution in [0.15, 0.2) is 48.5 Å². The lowest BCUT2D eigenvalue weighted by molar-refractivity contribution is 0.247. The SMILES string of the molecule is CCC(CC)NC(=O)Nc1ccc(-c2nc3ccccc3s2)cc1. The number of hydrogen-bond donors (Lipinski definition) is 2. The van der Waals surface area contributed by atoms with Gasteiger partial charge in [-0.1, -0.05) is 26.0 Å². The van der Waals surface area contributed by atoms with Crippen LogP contribution in [-0.2, 0) is 0 Å². The first kappa shape index (κ1) is 16.5. The van der Waals surface area contributed by atoms with Crippen LogP contribution in [0.1, 0.15) is 26.7 Å². The number of para-hydroxylation sites is 1. The Labute approximate surface area is 145 Å². The van der Waals surface area contributed by atoms with Gasteiger partial charge in [0.05, 0.1) is 10.2 Å². The number of anilines is 1. The largest absolute Gasteiger partial charge is 0.335 e. The van der Waals surface area contributed by atoms with Crippen LogP contribution in [0.2, 0.25) is 0 Å². The summed E-state index contributed by atoms with van der Waals surface area (Å²) in [5.41, 5.74) is 2.86. The zero-order chi connectivity index (χ0) is 16.9. The molecule has 0 fully saturated rings. The summed E-state index contributed by atoms with van der Waals surface area (Å²) in [4.78, 5) is 16.6. The maximum absolute atomic E-state index is 12.0. The van der Waals surface area contributed by atoms with E-state index in [1.165, 1.54) is 4.70 Å². The van der Waals surface area contributed by atoms with Crippen LogP contribution < -0.4 is 10.6 Å². The molecule has 0 unspecified atom stereocenters. The van der Waals surface area contributed by atoms with Crippen molar-refractivity contribution < 1.29 is 4.79 Å². The molecule has 0 spiro atoms. The molecule has 0 radical (unpaired) electrons. The zero-order valence-electron chi connectivity index (χ0n) is 13.9. The minimum absolute atomic E-state index is 0.156. The molecular weight excluding hydrogens is 318 g/mol. The third-order valence-corrected chi connectivity index (χ3v) is 5.09. The molecule has 124 valence electrons. The van der Waals surface area contributed by atoms with E-state index in [9.17, 15) is 4.79 Å². The van der Waals surface area contributed by atoms with Gasteiger partial charge in [0.25, 0.3) is 0 Å². The minimum Gasteiger partial charge on any atom is -0.335 e. The summed E-state index contributed by atoms with van der Waals surface area (Å²) in [6.45, 7) is 4.14. The van der Waals surface area contributed by atoms with Gasteiger partial charge in [0.15, 0.2) is 0 Å². The summed E-state index contributed by atoms with van der Waals surface area (Å²) in [5.74, 6) is 0. The molecule has 0 aliphatic heterocycles. The van der Waals surface area contributed by atoms with Crippen LogP contribution in [0.5, 0.6) is 0 Å². The average Bonchev–Trinajstić information content (AvgIpc) is 3.04. The van der Waals surface area contributed by atoms with Gasteiger partial charge in [-0.05, 0) is 49.2 Å². The van der Waals surface area contributed by atoms with Crippen LogP contribution in [0.3, 0.4) is 0 Å². The molecule has 24 heavy (non-hydrogen) atoms. The Kier molecular flexibility index (Phi) is 5.11. The van der Waals surface area contributed by atoms with E-state index in [1.54, 1.807) is 11.3 Å². The Balaban J connectivity index is 1.70. The lowest BCUT2D eigenvalue weighted by Crippen LogP contribution is -2.37. The highest BCUT2D eigenvalue weighted by Gasteiger charge is 2.09. The summed E-state index contributed by atoms with van der Waals surface area (Å²) >= 11 is 1.67. The number of aromatic nitrogens is 1. The van der Waals surface area contributed by atoms with Crippen molar-refractivity contribution in [2.75, 3.05) is 5.32 Å². The molecule has 1 aromatic heterocycles. The first-order valence-corrected chi connectivity index (χ1v) is 9.04. The van der Waals surface area contributed by atoms with Gasteiger partial charge in [0.1, 0.15) is 5.01 Å². The fourth-order valence-electron chi connectivity index (χ4n) is 2.54. The maximum Gasteiger partial charge on any atom is 0.319 e. The summed E-state index contributed by atoms with van der Waals surface area (Å²) in [6.07, 6.45) is 1.86. The van der Waals surface area contributed by atoms with Gasteiger partial charge in [-0.3, -0.25) is 0 Å². The molecule has 2 amide bonds. The molecule has 0 saturated carbocycles. The number of thiazole rings is 1. The number of benzene rings is 2. The molecule has 4 nitrogen and oxygen atoms in total. The van der Waals surface area contributed by atoms with Gasteiger partial charge in [0.2, 0.25) is 0 Å². The van der Waals surface area contributed by atoms with Crippen molar-refractivity contribution in [1.29, 1.82) is 0 Å². The number of nitrogens with zero attached hydrogens (tertiary/aromatic N) is 1. The van der Waals surface area contributed by atoms with Gasteiger partial charge >= 0.3 is 6.03 Å². The molecule has 0 saturated heterocycles. The van der Waals surface area contributed by atoms with E-state index in [4.69, 9.17) is 0 Å². The molecule has 0 atom stereocenters. The monoisotopic (exact) mass is 339 g/mol. The number of fused-ring (bicyclic) bond motifs is 1. The average molecular weight is 339 g/mol. The summed E-state index contributed by atoms with van der Waals surface area (Å²) in [6, 6.07) is 16.0. The number of carbonyl (C=O) groups is 1. The predicted octanol–water partition coefficient (Wildman–Crippen LogP) is 5.27. The van der Waals surface area contributed by atoms with Crippen molar-refractivity contribution in [2.24, 2.45) is 0 Å². The van der Waals surface area contributed by atoms with Crippen molar-refractivity contribution >= 4 is 33.3 Å². The quantitative estimate of drug-likeness (QED) is 0.665. The fourth-order valence-corrected chi connectivity index (χ4v) is 3.51. The molecule has 2 N–H and O–H groups in total. The molecular formula is C19H21N3OS. The lowest BCUT2D eigenvalue weighted by Gasteiger charge is -2.15. The van der Waals surface area contributed by atoms with Crippen molar-refractivity contribution in [3.8, 4) is 10.6 Å². The lowest BCUT2D eigenvalue weighted by atomic mass is 10.2. The van der Waals surface area contributed by atoms with Gasteiger partial charge in [-0.15, -0.1) is 11.3 Å². The normalized spacial score (nSPS) is 11.0. The van der Waals surface area contributed by atoms with Crippen LogP contribution in [-0.4, -0.2) is 17.1 Å². The highest BCUT2D eigenvalue weighted by Crippen LogP contribution is 2.30. The maximum atomic E-state index is 12.0. The third kappa shape index (κ3) is 3.74. The summed E-state index contributed by atoms with van der Waals surface area (Å²) in [7, 11) is 0. The topological polar surface area (TPSA) is 54.0 Å². The number of carbonyl (C=O) groups excluding carboxylic acids is 1. The minimum atomic E-state index is -0.156. The molecule has 0 aliphatic rings. The Morgan fingerprint density at radius 2 is 1.79 bits per heavy atom. The van der Waals surface area contributed by atoms with Gasteiger partial charge in [-0.2, -0.15) is 0 Å². The smallest absolute Gasteiger partial charge is 0.319 e. The predicted molar refractivity (Wildman–Crippen MR) is 102 cm³/mol. The Hall–Kier alpha value is -2.40. The van der Waals surface area contributed by atoms with Crippen LogP contribution in [0.4, 0.5) is 10.5 Å². The summed E-state index contributed by atoms with van der Waals surface area (Å²) in [5, 5.41) is 6.84. The van der Waals surface area contributed by atoms with E-state index in [1.807, 2.05) is 42.5 Å². The van der Waals surface area contributed by atoms with Crippen LogP contribution in [0.25, 0.3) is 20.8 Å². The summed E-state index contributed by atoms with van der Waals surface area (Å²) < 4.78 is 1.18. The van der Waals surface area contributed by atoms with E-state index in [-0.39, 0.29) is 12.1 Å². The standard InChI is InChI=1S/C19H21N3OS/c1-3-14(4-2)20-19(23)21-15-11-9-13(10-12-15)18-22-16-7-5-6-8-17(16)24-18/h5-12,14H,3-4H2,1-2H3,(H2,20,21,23). The molecule has 0 bridgehead atoms. The fraction of sp³-hybridized carbons (Fsp3) is 0.263. The van der Waals surface area contributed by atoms with E-state index < -0.39 is 0 Å². The zero-order valence-corrected chi connectivity index (χ0v) is 14.7. The van der Waals surface area contributed by atoms with Crippen molar-refractivity contribution in [1.82, 2.24) is 10.3 Å². The van der Waals surface area contributed by atoms with E-state index in [0.29, 0.717) is 0 Å². The Bertz CT molecular complexity index is 789. The number of hydrogen-bond acceptors (Lipinski definition) is 3. The molecule has 1 heterocycles. The second kappa shape index (κ2) is 7.45. The van der Waals surface area contributed by atoms with Crippen LogP contribution in [0, 0.1) is 0 Å². The first-order valence-electron chi connectivity index (χ1n) is 8.23. The van der Waals surface area contributed by atoms with Crippen molar-refractivity contribution in [2.45, 2.75) is 32.7 Å². The van der Waals surface area contributed by atoms with Gasteiger partial charge in [-0.25, -0.2) is 9.78 Å². The Morgan fingerprint density at radius 1 is 1.08 bits per heavy atom. The number of amides is 2. The second-order valence-electron chi connectivity index (χ2n) is 5.68. The highest BCUT2D eigenvalue weighted by atomic mass is 32.1. The highest BCUT2D eigenvalue weighted by molar-refractivity contribution is 7.21. The second-order valence-corrected chi connectivity index (χ2v) is 6.71. The molecule has 5 heteroatoms. The molecule has 3 aromatic rings. The third-order valence-electron chi connectivity index (χ3n) is 4.00. The number of nitrogens with one attached hydrogen (secondary N) is 2. The first-order chi connectivity index (χ1) is 11.7. The molecule has 0 aliphatic carbocycles. The van der Waals surface area contributed by atoms with Crippen molar-refractivity contribution in [3.63, 3.8) is 0 Å². The van der Waals surface area contributed by atoms with Crippen molar-refractivity contribution in [3.05, 3.63) is 48.5 Å². The van der Waals surface area contributed by atoms with E-state index >= 15 is 0 Å². The van der Waals surface area contributed by atoms with Gasteiger partial charge in [0, 0.05) is 17.3 Å².